The molecule has 0 aliphatic carbocycles. The van der Waals surface area contributed by atoms with Crippen LogP contribution in [-0.4, -0.2) is 16.7 Å². The molecule has 0 saturated carbocycles. The Labute approximate surface area is 179 Å². The van der Waals surface area contributed by atoms with Crippen LogP contribution in [0.4, 0.5) is 0 Å². The summed E-state index contributed by atoms with van der Waals surface area (Å²) in [5.41, 5.74) is 6.30. The minimum Gasteiger partial charge on any atom is -0.506 e. The summed E-state index contributed by atoms with van der Waals surface area (Å²) in [6, 6.07) is 14.8. The van der Waals surface area contributed by atoms with Gasteiger partial charge in [-0.2, -0.15) is 5.10 Å². The normalized spacial score (nSPS) is 12.1. The van der Waals surface area contributed by atoms with Gasteiger partial charge in [0.2, 0.25) is 0 Å². The predicted octanol–water partition coefficient (Wildman–Crippen LogP) is 6.23. The maximum Gasteiger partial charge on any atom is 0.271 e. The second kappa shape index (κ2) is 8.39. The molecule has 0 aliphatic heterocycles. The molecule has 2 N–H and O–H groups in total. The third kappa shape index (κ3) is 4.86. The Morgan fingerprint density at radius 1 is 1.14 bits per heavy atom. The van der Waals surface area contributed by atoms with Crippen molar-refractivity contribution < 1.29 is 9.90 Å². The van der Waals surface area contributed by atoms with Crippen LogP contribution in [0.2, 0.25) is 5.02 Å². The van der Waals surface area contributed by atoms with Crippen molar-refractivity contribution in [2.45, 2.75) is 33.1 Å². The number of carbonyl (C=O) groups is 1. The van der Waals surface area contributed by atoms with Crippen LogP contribution in [0.15, 0.2) is 59.0 Å². The summed E-state index contributed by atoms with van der Waals surface area (Å²) in [6.45, 7) is 8.24. The molecule has 0 spiro atoms. The van der Waals surface area contributed by atoms with E-state index in [9.17, 15) is 9.90 Å². The van der Waals surface area contributed by atoms with Crippen molar-refractivity contribution in [2.75, 3.05) is 0 Å². The number of aromatic hydroxyl groups is 1. The first kappa shape index (κ1) is 21.1. The van der Waals surface area contributed by atoms with Gasteiger partial charge in [0.15, 0.2) is 0 Å². The summed E-state index contributed by atoms with van der Waals surface area (Å²) in [6.07, 6.45) is 0. The molecule has 0 atom stereocenters. The lowest BCUT2D eigenvalue weighted by molar-refractivity contribution is 0.0955. The lowest BCUT2D eigenvalue weighted by Crippen LogP contribution is -2.19. The Morgan fingerprint density at radius 2 is 1.83 bits per heavy atom. The Hall–Kier alpha value is -2.63. The molecule has 0 radical (unpaired) electrons. The molecule has 0 saturated heterocycles. The summed E-state index contributed by atoms with van der Waals surface area (Å²) in [7, 11) is 0. The van der Waals surface area contributed by atoms with Crippen LogP contribution >= 0.6 is 22.9 Å². The number of nitrogens with one attached hydrogen (secondary N) is 1. The van der Waals surface area contributed by atoms with Crippen LogP contribution in [0.3, 0.4) is 0 Å². The SMILES string of the molecule is CC(=NNC(=O)c1cccc(Cl)c1)c1csc(-c2ccc(C(C)(C)C)cc2)c1O. The molecule has 0 bridgehead atoms. The van der Waals surface area contributed by atoms with E-state index in [1.54, 1.807) is 31.2 Å². The fraction of sp³-hybridized carbons (Fsp3) is 0.217. The summed E-state index contributed by atoms with van der Waals surface area (Å²) in [5, 5.41) is 17.2. The zero-order chi connectivity index (χ0) is 21.2. The van der Waals surface area contributed by atoms with E-state index in [1.165, 1.54) is 16.9 Å². The second-order valence-corrected chi connectivity index (χ2v) is 9.12. The highest BCUT2D eigenvalue weighted by Crippen LogP contribution is 2.39. The van der Waals surface area contributed by atoms with Crippen molar-refractivity contribution in [1.82, 2.24) is 5.43 Å². The molecule has 1 amide bonds. The predicted molar refractivity (Wildman–Crippen MR) is 121 cm³/mol. The Bertz CT molecular complexity index is 1060. The first-order valence-electron chi connectivity index (χ1n) is 9.19. The molecule has 0 fully saturated rings. The zero-order valence-electron chi connectivity index (χ0n) is 16.8. The quantitative estimate of drug-likeness (QED) is 0.384. The van der Waals surface area contributed by atoms with E-state index >= 15 is 0 Å². The molecule has 2 aromatic carbocycles. The Balaban J connectivity index is 1.79. The van der Waals surface area contributed by atoms with E-state index in [4.69, 9.17) is 11.6 Å². The smallest absolute Gasteiger partial charge is 0.271 e. The number of thiophene rings is 1. The van der Waals surface area contributed by atoms with Crippen molar-refractivity contribution in [3.8, 4) is 16.2 Å². The van der Waals surface area contributed by atoms with E-state index in [0.29, 0.717) is 21.9 Å². The summed E-state index contributed by atoms with van der Waals surface area (Å²) in [5.74, 6) is -0.198. The zero-order valence-corrected chi connectivity index (χ0v) is 18.4. The topological polar surface area (TPSA) is 61.7 Å². The van der Waals surface area contributed by atoms with Crippen LogP contribution in [0, 0.1) is 0 Å². The van der Waals surface area contributed by atoms with E-state index < -0.39 is 0 Å². The van der Waals surface area contributed by atoms with Gasteiger partial charge < -0.3 is 5.11 Å². The van der Waals surface area contributed by atoms with Crippen LogP contribution in [-0.2, 0) is 5.41 Å². The van der Waals surface area contributed by atoms with Gasteiger partial charge in [0.1, 0.15) is 5.75 Å². The van der Waals surface area contributed by atoms with Gasteiger partial charge in [0.25, 0.3) is 5.91 Å². The standard InChI is InChI=1S/C23H23ClN2O2S/c1-14(25-26-22(28)16-6-5-7-18(24)12-16)19-13-29-21(20(19)27)15-8-10-17(11-9-15)23(2,3)4/h5-13,27H,1-4H3,(H,26,28). The minimum atomic E-state index is -0.362. The number of carbonyl (C=O) groups excluding carboxylic acids is 1. The number of rotatable bonds is 4. The summed E-state index contributed by atoms with van der Waals surface area (Å²) < 4.78 is 0. The van der Waals surface area contributed by atoms with Gasteiger partial charge in [0, 0.05) is 16.0 Å². The molecule has 6 heteroatoms. The van der Waals surface area contributed by atoms with Crippen molar-refractivity contribution in [3.63, 3.8) is 0 Å². The molecular weight excluding hydrogens is 404 g/mol. The number of amides is 1. The minimum absolute atomic E-state index is 0.0750. The molecule has 1 aromatic heterocycles. The number of benzene rings is 2. The number of hydrogen-bond donors (Lipinski definition) is 2. The van der Waals surface area contributed by atoms with E-state index in [-0.39, 0.29) is 17.1 Å². The van der Waals surface area contributed by atoms with Gasteiger partial charge in [-0.05, 0) is 41.7 Å². The molecule has 0 aliphatic rings. The van der Waals surface area contributed by atoms with E-state index in [1.807, 2.05) is 17.5 Å². The number of hydrazone groups is 1. The highest BCUT2D eigenvalue weighted by Gasteiger charge is 2.17. The Kier molecular flexibility index (Phi) is 6.10. The first-order valence-corrected chi connectivity index (χ1v) is 10.4. The van der Waals surface area contributed by atoms with Crippen molar-refractivity contribution >= 4 is 34.6 Å². The number of halogens is 1. The highest BCUT2D eigenvalue weighted by atomic mass is 35.5. The maximum absolute atomic E-state index is 12.2. The van der Waals surface area contributed by atoms with E-state index in [2.05, 4.69) is 43.4 Å². The van der Waals surface area contributed by atoms with Gasteiger partial charge in [-0.25, -0.2) is 5.43 Å². The molecule has 3 aromatic rings. The highest BCUT2D eigenvalue weighted by molar-refractivity contribution is 7.14. The average molecular weight is 427 g/mol. The molecular formula is C23H23ClN2O2S. The van der Waals surface area contributed by atoms with Crippen molar-refractivity contribution in [2.24, 2.45) is 5.10 Å². The van der Waals surface area contributed by atoms with Crippen LogP contribution in [0.1, 0.15) is 49.2 Å². The van der Waals surface area contributed by atoms with Crippen molar-refractivity contribution in [3.05, 3.63) is 75.6 Å². The molecule has 4 nitrogen and oxygen atoms in total. The fourth-order valence-electron chi connectivity index (χ4n) is 2.82. The summed E-state index contributed by atoms with van der Waals surface area (Å²) >= 11 is 7.36. The van der Waals surface area contributed by atoms with Crippen LogP contribution < -0.4 is 5.43 Å². The maximum atomic E-state index is 12.2. The fourth-order valence-corrected chi connectivity index (χ4v) is 4.03. The monoisotopic (exact) mass is 426 g/mol. The first-order chi connectivity index (χ1) is 13.7. The molecule has 1 heterocycles. The number of nitrogens with zero attached hydrogens (tertiary/aromatic N) is 1. The average Bonchev–Trinajstić information content (AvgIpc) is 3.06. The van der Waals surface area contributed by atoms with E-state index in [0.717, 1.165) is 10.4 Å². The van der Waals surface area contributed by atoms with Gasteiger partial charge in [-0.15, -0.1) is 11.3 Å². The van der Waals surface area contributed by atoms with Gasteiger partial charge in [0.05, 0.1) is 16.2 Å². The van der Waals surface area contributed by atoms with Crippen molar-refractivity contribution in [1.29, 1.82) is 0 Å². The third-order valence-electron chi connectivity index (χ3n) is 4.58. The van der Waals surface area contributed by atoms with Crippen LogP contribution in [0.5, 0.6) is 5.75 Å². The van der Waals surface area contributed by atoms with Crippen LogP contribution in [0.25, 0.3) is 10.4 Å². The summed E-state index contributed by atoms with van der Waals surface area (Å²) in [4.78, 5) is 13.0. The Morgan fingerprint density at radius 3 is 2.45 bits per heavy atom. The molecule has 0 unspecified atom stereocenters. The third-order valence-corrected chi connectivity index (χ3v) is 5.83. The van der Waals surface area contributed by atoms with Gasteiger partial charge in [-0.1, -0.05) is 62.7 Å². The van der Waals surface area contributed by atoms with Gasteiger partial charge >= 0.3 is 0 Å². The molecule has 29 heavy (non-hydrogen) atoms. The largest absolute Gasteiger partial charge is 0.506 e. The lowest BCUT2D eigenvalue weighted by Gasteiger charge is -2.19. The number of hydrogen-bond acceptors (Lipinski definition) is 4. The second-order valence-electron chi connectivity index (χ2n) is 7.80. The molecule has 3 rings (SSSR count). The van der Waals surface area contributed by atoms with Gasteiger partial charge in [-0.3, -0.25) is 4.79 Å². The molecule has 150 valence electrons. The lowest BCUT2D eigenvalue weighted by atomic mass is 9.86.